The molecule has 0 fully saturated rings. The fraction of sp³-hybridized carbons (Fsp3) is 0.889. The highest BCUT2D eigenvalue weighted by Crippen LogP contribution is 2.25. The van der Waals surface area contributed by atoms with Crippen LogP contribution in [0.15, 0.2) is 0 Å². The number of hydrazone groups is 1. The largest absolute Gasteiger partial charge is 0.322 e. The van der Waals surface area contributed by atoms with E-state index in [-0.39, 0.29) is 0 Å². The summed E-state index contributed by atoms with van der Waals surface area (Å²) < 4.78 is 0. The van der Waals surface area contributed by atoms with E-state index in [4.69, 9.17) is 0 Å². The van der Waals surface area contributed by atoms with Crippen molar-refractivity contribution in [2.24, 2.45) is 5.41 Å². The molecule has 0 saturated heterocycles. The Morgan fingerprint density at radius 1 is 1.58 bits per heavy atom. The van der Waals surface area contributed by atoms with Gasteiger partial charge in [-0.25, -0.2) is 4.92 Å². The SMILES string of the molecule is CCC1(C)CC=[NH+]N(B(C)C)C1. The molecule has 1 N–H and O–H groups in total. The number of nitrogens with one attached hydrogen (secondary N) is 1. The molecule has 1 aliphatic heterocycles. The van der Waals surface area contributed by atoms with E-state index in [1.807, 2.05) is 0 Å². The smallest absolute Gasteiger partial charge is 0.240 e. The third-order valence-electron chi connectivity index (χ3n) is 2.88. The molecule has 0 bridgehead atoms. The molecule has 0 aromatic rings. The molecule has 0 aliphatic carbocycles. The summed E-state index contributed by atoms with van der Waals surface area (Å²) >= 11 is 0. The van der Waals surface area contributed by atoms with Crippen molar-refractivity contribution < 1.29 is 5.10 Å². The lowest BCUT2D eigenvalue weighted by molar-refractivity contribution is -0.618. The summed E-state index contributed by atoms with van der Waals surface area (Å²) in [4.78, 5) is 2.31. The standard InChI is InChI=1S/C9H19BN2/c1-5-9(2)6-7-11-12(8-9)10(3)4/h7H,5-6,8H2,1-4H3/p+1. The van der Waals surface area contributed by atoms with Crippen LogP contribution < -0.4 is 5.10 Å². The van der Waals surface area contributed by atoms with Gasteiger partial charge in [0.25, 0.3) is 0 Å². The Kier molecular flexibility index (Phi) is 2.81. The highest BCUT2D eigenvalue weighted by molar-refractivity contribution is 6.52. The van der Waals surface area contributed by atoms with Gasteiger partial charge in [0.05, 0.1) is 6.54 Å². The molecular formula is C9H20BN2+. The van der Waals surface area contributed by atoms with Crippen LogP contribution in [0.4, 0.5) is 0 Å². The zero-order chi connectivity index (χ0) is 9.19. The minimum Gasteiger partial charge on any atom is -0.240 e. The average Bonchev–Trinajstić information content (AvgIpc) is 2.05. The zero-order valence-corrected chi connectivity index (χ0v) is 8.72. The van der Waals surface area contributed by atoms with Crippen LogP contribution in [-0.4, -0.2) is 24.5 Å². The quantitative estimate of drug-likeness (QED) is 0.590. The highest BCUT2D eigenvalue weighted by Gasteiger charge is 2.32. The van der Waals surface area contributed by atoms with Crippen LogP contribution >= 0.6 is 0 Å². The normalized spacial score (nSPS) is 29.2. The molecule has 1 unspecified atom stereocenters. The number of hydrogen-bond acceptors (Lipinski definition) is 1. The summed E-state index contributed by atoms with van der Waals surface area (Å²) in [7, 11) is 0. The molecule has 0 spiro atoms. The maximum absolute atomic E-state index is 3.32. The van der Waals surface area contributed by atoms with Gasteiger partial charge in [-0.1, -0.05) is 27.5 Å². The van der Waals surface area contributed by atoms with E-state index in [1.165, 1.54) is 12.8 Å². The summed E-state index contributed by atoms with van der Waals surface area (Å²) in [5.74, 6) is 0. The van der Waals surface area contributed by atoms with Gasteiger partial charge in [0.2, 0.25) is 0 Å². The fourth-order valence-corrected chi connectivity index (χ4v) is 1.52. The molecule has 0 saturated carbocycles. The Hall–Kier alpha value is -0.465. The fourth-order valence-electron chi connectivity index (χ4n) is 1.52. The first-order chi connectivity index (χ1) is 5.57. The minimum atomic E-state index is 0.482. The van der Waals surface area contributed by atoms with Crippen LogP contribution in [0.5, 0.6) is 0 Å². The number of hydrazine groups is 1. The molecule has 1 aliphatic rings. The topological polar surface area (TPSA) is 17.2 Å². The van der Waals surface area contributed by atoms with Crippen molar-refractivity contribution in [2.45, 2.75) is 40.3 Å². The third kappa shape index (κ3) is 2.02. The van der Waals surface area contributed by atoms with Crippen molar-refractivity contribution in [1.29, 1.82) is 0 Å². The molecule has 0 aromatic carbocycles. The van der Waals surface area contributed by atoms with Crippen LogP contribution in [0.2, 0.25) is 13.6 Å². The first kappa shape index (κ1) is 9.62. The molecule has 1 atom stereocenters. The second kappa shape index (κ2) is 3.50. The van der Waals surface area contributed by atoms with Crippen LogP contribution in [0, 0.1) is 5.41 Å². The molecule has 0 amide bonds. The monoisotopic (exact) mass is 167 g/mol. The molecule has 2 nitrogen and oxygen atoms in total. The molecule has 1 heterocycles. The first-order valence-electron chi connectivity index (χ1n) is 4.92. The Balaban J connectivity index is 2.62. The van der Waals surface area contributed by atoms with Crippen molar-refractivity contribution in [1.82, 2.24) is 4.92 Å². The van der Waals surface area contributed by atoms with Crippen LogP contribution in [0.25, 0.3) is 0 Å². The van der Waals surface area contributed by atoms with E-state index in [1.54, 1.807) is 0 Å². The van der Waals surface area contributed by atoms with E-state index in [2.05, 4.69) is 43.7 Å². The Morgan fingerprint density at radius 3 is 2.75 bits per heavy atom. The molecule has 68 valence electrons. The second-order valence-electron chi connectivity index (χ2n) is 4.42. The van der Waals surface area contributed by atoms with Crippen molar-refractivity contribution in [3.63, 3.8) is 0 Å². The first-order valence-corrected chi connectivity index (χ1v) is 4.92. The molecule has 1 rings (SSSR count). The number of hydrogen-bond donors (Lipinski definition) is 1. The lowest BCUT2D eigenvalue weighted by Crippen LogP contribution is -2.87. The van der Waals surface area contributed by atoms with Gasteiger partial charge in [0, 0.05) is 6.42 Å². The van der Waals surface area contributed by atoms with Gasteiger partial charge >= 0.3 is 6.85 Å². The number of rotatable bonds is 2. The highest BCUT2D eigenvalue weighted by atomic mass is 15.4. The van der Waals surface area contributed by atoms with Gasteiger partial charge in [-0.3, -0.25) is 0 Å². The number of nitrogens with zero attached hydrogens (tertiary/aromatic N) is 1. The van der Waals surface area contributed by atoms with E-state index < -0.39 is 0 Å². The summed E-state index contributed by atoms with van der Waals surface area (Å²) in [6, 6.07) is 0. The van der Waals surface area contributed by atoms with Crippen LogP contribution in [-0.2, 0) is 0 Å². The van der Waals surface area contributed by atoms with E-state index >= 15 is 0 Å². The van der Waals surface area contributed by atoms with E-state index in [0.717, 1.165) is 6.54 Å². The molecule has 0 radical (unpaired) electrons. The lowest BCUT2D eigenvalue weighted by Gasteiger charge is -2.33. The van der Waals surface area contributed by atoms with Crippen molar-refractivity contribution in [2.75, 3.05) is 6.54 Å². The minimum absolute atomic E-state index is 0.482. The Bertz CT molecular complexity index is 179. The Morgan fingerprint density at radius 2 is 2.25 bits per heavy atom. The lowest BCUT2D eigenvalue weighted by atomic mass is 9.65. The van der Waals surface area contributed by atoms with Gasteiger partial charge in [-0.15, -0.1) is 0 Å². The third-order valence-corrected chi connectivity index (χ3v) is 2.88. The van der Waals surface area contributed by atoms with Gasteiger partial charge in [-0.05, 0) is 11.8 Å². The van der Waals surface area contributed by atoms with Gasteiger partial charge < -0.3 is 0 Å². The van der Waals surface area contributed by atoms with Gasteiger partial charge in [0.15, 0.2) is 6.21 Å². The zero-order valence-electron chi connectivity index (χ0n) is 8.72. The van der Waals surface area contributed by atoms with Crippen LogP contribution in [0.1, 0.15) is 26.7 Å². The molecule has 12 heavy (non-hydrogen) atoms. The molecule has 3 heteroatoms. The summed E-state index contributed by atoms with van der Waals surface area (Å²) in [5, 5.41) is 3.32. The van der Waals surface area contributed by atoms with Crippen molar-refractivity contribution in [3.05, 3.63) is 0 Å². The van der Waals surface area contributed by atoms with Crippen molar-refractivity contribution >= 4 is 13.1 Å². The maximum atomic E-state index is 3.32. The Labute approximate surface area is 76.1 Å². The van der Waals surface area contributed by atoms with Gasteiger partial charge in [0.1, 0.15) is 0 Å². The summed E-state index contributed by atoms with van der Waals surface area (Å²) in [5.41, 5.74) is 0.482. The predicted molar refractivity (Wildman–Crippen MR) is 54.2 cm³/mol. The van der Waals surface area contributed by atoms with E-state index in [9.17, 15) is 0 Å². The molecule has 0 aromatic heterocycles. The van der Waals surface area contributed by atoms with Crippen LogP contribution in [0.3, 0.4) is 0 Å². The van der Waals surface area contributed by atoms with Crippen molar-refractivity contribution in [3.8, 4) is 0 Å². The summed E-state index contributed by atoms with van der Waals surface area (Å²) in [6.07, 6.45) is 4.63. The van der Waals surface area contributed by atoms with E-state index in [0.29, 0.717) is 12.3 Å². The predicted octanol–water partition coefficient (Wildman–Crippen LogP) is 0.426. The molecular weight excluding hydrogens is 147 g/mol. The van der Waals surface area contributed by atoms with Gasteiger partial charge in [-0.2, -0.15) is 5.10 Å². The average molecular weight is 167 g/mol. The maximum Gasteiger partial charge on any atom is 0.322 e. The summed E-state index contributed by atoms with van der Waals surface area (Å²) in [6.45, 7) is 10.8. The second-order valence-corrected chi connectivity index (χ2v) is 4.42.